The van der Waals surface area contributed by atoms with E-state index in [1.807, 2.05) is 19.9 Å². The minimum absolute atomic E-state index is 0.0352. The highest BCUT2D eigenvalue weighted by atomic mass is 32.2. The predicted molar refractivity (Wildman–Crippen MR) is 136 cm³/mol. The van der Waals surface area contributed by atoms with E-state index in [1.165, 1.54) is 11.8 Å². The van der Waals surface area contributed by atoms with Gasteiger partial charge in [0, 0.05) is 17.4 Å². The zero-order valence-corrected chi connectivity index (χ0v) is 22.1. The minimum Gasteiger partial charge on any atom is -0.491 e. The number of rotatable bonds is 11. The van der Waals surface area contributed by atoms with Crippen molar-refractivity contribution in [3.63, 3.8) is 0 Å². The van der Waals surface area contributed by atoms with Gasteiger partial charge in [-0.2, -0.15) is 0 Å². The molecule has 1 aromatic rings. The average molecular weight is 514 g/mol. The summed E-state index contributed by atoms with van der Waals surface area (Å²) in [5, 5.41) is 6.68. The van der Waals surface area contributed by atoms with Crippen molar-refractivity contribution in [2.45, 2.75) is 58.8 Å². The van der Waals surface area contributed by atoms with E-state index in [1.54, 1.807) is 26.0 Å². The number of nitrogens with one attached hydrogen (secondary N) is 2. The zero-order chi connectivity index (χ0) is 24.6. The van der Waals surface area contributed by atoms with Crippen LogP contribution in [0.15, 0.2) is 23.2 Å². The molecule has 11 heteroatoms. The molecule has 2 N–H and O–H groups in total. The van der Waals surface area contributed by atoms with E-state index in [2.05, 4.69) is 15.6 Å². The SMILES string of the molecule is CCOP(=O)(CC1CSC(NC(=O)c2cc(OC(C)C)cc(OC3CCNCC3)c2)=N1)OCC. The molecule has 2 aliphatic rings. The molecule has 0 radical (unpaired) electrons. The molecule has 0 spiro atoms. The summed E-state index contributed by atoms with van der Waals surface area (Å²) >= 11 is 1.41. The van der Waals surface area contributed by atoms with Crippen molar-refractivity contribution >= 4 is 30.4 Å². The maximum Gasteiger partial charge on any atom is 0.332 e. The first-order valence-electron chi connectivity index (χ1n) is 11.9. The summed E-state index contributed by atoms with van der Waals surface area (Å²) < 4.78 is 35.6. The van der Waals surface area contributed by atoms with Gasteiger partial charge in [-0.25, -0.2) is 0 Å². The summed E-state index contributed by atoms with van der Waals surface area (Å²) in [5.74, 6) is 1.50. The molecule has 1 aromatic carbocycles. The summed E-state index contributed by atoms with van der Waals surface area (Å²) in [6, 6.07) is 5.02. The Labute approximate surface area is 206 Å². The molecule has 2 aliphatic heterocycles. The van der Waals surface area contributed by atoms with Gasteiger partial charge in [0.1, 0.15) is 17.6 Å². The summed E-state index contributed by atoms with van der Waals surface area (Å²) in [4.78, 5) is 17.6. The van der Waals surface area contributed by atoms with Crippen LogP contribution in [0.4, 0.5) is 0 Å². The smallest absolute Gasteiger partial charge is 0.332 e. The van der Waals surface area contributed by atoms with Crippen LogP contribution in [0.3, 0.4) is 0 Å². The van der Waals surface area contributed by atoms with Gasteiger partial charge in [-0.15, -0.1) is 0 Å². The fourth-order valence-electron chi connectivity index (χ4n) is 3.76. The third-order valence-corrected chi connectivity index (χ3v) is 8.33. The third-order valence-electron chi connectivity index (χ3n) is 5.12. The predicted octanol–water partition coefficient (Wildman–Crippen LogP) is 4.07. The van der Waals surface area contributed by atoms with Gasteiger partial charge in [-0.3, -0.25) is 14.4 Å². The fourth-order valence-corrected chi connectivity index (χ4v) is 6.66. The molecule has 3 rings (SSSR count). The summed E-state index contributed by atoms with van der Waals surface area (Å²) in [6.45, 7) is 9.88. The first-order chi connectivity index (χ1) is 16.3. The third kappa shape index (κ3) is 8.27. The number of benzene rings is 1. The number of nitrogens with zero attached hydrogens (tertiary/aromatic N) is 1. The molecule has 0 saturated carbocycles. The van der Waals surface area contributed by atoms with Crippen molar-refractivity contribution in [3.05, 3.63) is 23.8 Å². The number of thioether (sulfide) groups is 1. The van der Waals surface area contributed by atoms with Crippen LogP contribution in [0.25, 0.3) is 0 Å². The Kier molecular flexibility index (Phi) is 10.3. The van der Waals surface area contributed by atoms with Crippen molar-refractivity contribution in [1.29, 1.82) is 0 Å². The summed E-state index contributed by atoms with van der Waals surface area (Å²) in [7, 11) is -3.20. The van der Waals surface area contributed by atoms with Gasteiger partial charge >= 0.3 is 7.60 Å². The monoisotopic (exact) mass is 513 g/mol. The lowest BCUT2D eigenvalue weighted by Gasteiger charge is -2.24. The van der Waals surface area contributed by atoms with Gasteiger partial charge in [0.05, 0.1) is 31.5 Å². The Bertz CT molecular complexity index is 897. The fraction of sp³-hybridized carbons (Fsp3) is 0.652. The van der Waals surface area contributed by atoms with Crippen LogP contribution in [0.1, 0.15) is 50.9 Å². The zero-order valence-electron chi connectivity index (χ0n) is 20.4. The Morgan fingerprint density at radius 2 is 1.85 bits per heavy atom. The van der Waals surface area contributed by atoms with Gasteiger partial charge < -0.3 is 29.2 Å². The molecule has 1 amide bonds. The lowest BCUT2D eigenvalue weighted by Crippen LogP contribution is -2.34. The Morgan fingerprint density at radius 3 is 2.50 bits per heavy atom. The molecule has 9 nitrogen and oxygen atoms in total. The molecule has 1 saturated heterocycles. The molecule has 1 fully saturated rings. The first-order valence-corrected chi connectivity index (χ1v) is 14.6. The van der Waals surface area contributed by atoms with Crippen molar-refractivity contribution in [1.82, 2.24) is 10.6 Å². The molecule has 0 aliphatic carbocycles. The Morgan fingerprint density at radius 1 is 1.18 bits per heavy atom. The number of hydrogen-bond acceptors (Lipinski definition) is 9. The molecule has 0 bridgehead atoms. The van der Waals surface area contributed by atoms with Crippen LogP contribution in [0, 0.1) is 0 Å². The minimum atomic E-state index is -3.20. The van der Waals surface area contributed by atoms with Crippen LogP contribution in [-0.2, 0) is 13.6 Å². The quantitative estimate of drug-likeness (QED) is 0.427. The highest BCUT2D eigenvalue weighted by molar-refractivity contribution is 8.14. The molecule has 1 unspecified atom stereocenters. The van der Waals surface area contributed by atoms with E-state index in [4.69, 9.17) is 18.5 Å². The van der Waals surface area contributed by atoms with E-state index in [0.29, 0.717) is 41.2 Å². The highest BCUT2D eigenvalue weighted by Gasteiger charge is 2.32. The van der Waals surface area contributed by atoms with Crippen molar-refractivity contribution in [2.75, 3.05) is 38.2 Å². The second kappa shape index (κ2) is 12.9. The van der Waals surface area contributed by atoms with Gasteiger partial charge in [0.25, 0.3) is 5.91 Å². The average Bonchev–Trinajstić information content (AvgIpc) is 3.20. The van der Waals surface area contributed by atoms with E-state index in [0.717, 1.165) is 25.9 Å². The van der Waals surface area contributed by atoms with Gasteiger partial charge in [0.15, 0.2) is 5.17 Å². The van der Waals surface area contributed by atoms with Crippen molar-refractivity contribution < 1.29 is 27.9 Å². The van der Waals surface area contributed by atoms with E-state index in [-0.39, 0.29) is 30.3 Å². The second-order valence-electron chi connectivity index (χ2n) is 8.41. The van der Waals surface area contributed by atoms with Gasteiger partial charge in [-0.1, -0.05) is 11.8 Å². The number of carbonyl (C=O) groups is 1. The summed E-state index contributed by atoms with van der Waals surface area (Å²) in [5.41, 5.74) is 0.433. The lowest BCUT2D eigenvalue weighted by molar-refractivity contribution is 0.0975. The number of amides is 1. The van der Waals surface area contributed by atoms with Crippen LogP contribution in [0.2, 0.25) is 0 Å². The first kappa shape index (κ1) is 27.0. The van der Waals surface area contributed by atoms with Gasteiger partial charge in [0.2, 0.25) is 0 Å². The van der Waals surface area contributed by atoms with E-state index >= 15 is 0 Å². The molecule has 1 atom stereocenters. The molecule has 2 heterocycles. The second-order valence-corrected chi connectivity index (χ2v) is 11.5. The maximum atomic E-state index is 13.0. The standard InChI is InChI=1S/C23H36N3O6PS/c1-5-29-33(28,30-6-2)14-18-15-34-23(25-18)26-22(27)17-11-20(31-16(3)4)13-21(12-17)32-19-7-9-24-10-8-19/h11-13,16,18-19,24H,5-10,14-15H2,1-4H3,(H,25,26,27). The van der Waals surface area contributed by atoms with Crippen molar-refractivity contribution in [3.8, 4) is 11.5 Å². The van der Waals surface area contributed by atoms with E-state index < -0.39 is 7.60 Å². The van der Waals surface area contributed by atoms with Crippen LogP contribution < -0.4 is 20.1 Å². The number of piperidine rings is 1. The van der Waals surface area contributed by atoms with Crippen LogP contribution >= 0.6 is 19.4 Å². The number of ether oxygens (including phenoxy) is 2. The van der Waals surface area contributed by atoms with Crippen LogP contribution in [-0.4, -0.2) is 67.5 Å². The molecule has 34 heavy (non-hydrogen) atoms. The molecular weight excluding hydrogens is 477 g/mol. The Balaban J connectivity index is 1.69. The van der Waals surface area contributed by atoms with Crippen LogP contribution in [0.5, 0.6) is 11.5 Å². The van der Waals surface area contributed by atoms with E-state index in [9.17, 15) is 9.36 Å². The lowest BCUT2D eigenvalue weighted by atomic mass is 10.1. The number of amidine groups is 1. The number of hydrogen-bond donors (Lipinski definition) is 2. The molecule has 190 valence electrons. The normalized spacial score (nSPS) is 19.2. The molecule has 0 aromatic heterocycles. The Hall–Kier alpha value is -1.58. The number of aliphatic imine (C=N–C) groups is 1. The summed E-state index contributed by atoms with van der Waals surface area (Å²) in [6.07, 6.45) is 2.09. The topological polar surface area (TPSA) is 107 Å². The molecular formula is C23H36N3O6PS. The number of carbonyl (C=O) groups excluding carboxylic acids is 1. The largest absolute Gasteiger partial charge is 0.491 e. The van der Waals surface area contributed by atoms with Crippen molar-refractivity contribution in [2.24, 2.45) is 4.99 Å². The van der Waals surface area contributed by atoms with Gasteiger partial charge in [-0.05, 0) is 65.8 Å². The maximum absolute atomic E-state index is 13.0. The highest BCUT2D eigenvalue weighted by Crippen LogP contribution is 2.49.